The fourth-order valence-corrected chi connectivity index (χ4v) is 1.61. The summed E-state index contributed by atoms with van der Waals surface area (Å²) >= 11 is 0. The van der Waals surface area contributed by atoms with E-state index < -0.39 is 0 Å². The van der Waals surface area contributed by atoms with Crippen LogP contribution in [0, 0.1) is 0 Å². The van der Waals surface area contributed by atoms with E-state index >= 15 is 0 Å². The zero-order valence-electron chi connectivity index (χ0n) is 8.40. The van der Waals surface area contributed by atoms with Gasteiger partial charge in [-0.3, -0.25) is 4.57 Å². The molecule has 0 radical (unpaired) electrons. The topological polar surface area (TPSA) is 84.0 Å². The van der Waals surface area contributed by atoms with E-state index in [0.29, 0.717) is 17.6 Å². The first-order valence-electron chi connectivity index (χ1n) is 4.75. The molecule has 0 fully saturated rings. The van der Waals surface area contributed by atoms with Gasteiger partial charge in [-0.15, -0.1) is 0 Å². The van der Waals surface area contributed by atoms with Crippen molar-refractivity contribution in [2.45, 2.75) is 19.5 Å². The Morgan fingerprint density at radius 1 is 1.60 bits per heavy atom. The molecule has 2 rings (SSSR count). The van der Waals surface area contributed by atoms with Crippen molar-refractivity contribution in [3.05, 3.63) is 28.7 Å². The summed E-state index contributed by atoms with van der Waals surface area (Å²) in [4.78, 5) is 14.3. The largest absolute Gasteiger partial charge is 0.508 e. The number of nitrogens with zero attached hydrogens (tertiary/aromatic N) is 1. The number of nitrogens with one attached hydrogen (secondary N) is 1. The summed E-state index contributed by atoms with van der Waals surface area (Å²) in [7, 11) is 0. The Morgan fingerprint density at radius 3 is 3.00 bits per heavy atom. The monoisotopic (exact) mass is 207 g/mol. The predicted octanol–water partition coefficient (Wildman–Crippen LogP) is 0.382. The summed E-state index contributed by atoms with van der Waals surface area (Å²) in [6.45, 7) is 2.26. The predicted molar refractivity (Wildman–Crippen MR) is 57.9 cm³/mol. The van der Waals surface area contributed by atoms with Crippen molar-refractivity contribution in [3.8, 4) is 5.75 Å². The Morgan fingerprint density at radius 2 is 2.33 bits per heavy atom. The number of rotatable bonds is 2. The van der Waals surface area contributed by atoms with Gasteiger partial charge in [0.2, 0.25) is 0 Å². The maximum atomic E-state index is 11.6. The van der Waals surface area contributed by atoms with Crippen molar-refractivity contribution < 1.29 is 5.11 Å². The minimum absolute atomic E-state index is 0.107. The van der Waals surface area contributed by atoms with Gasteiger partial charge in [0.1, 0.15) is 5.75 Å². The van der Waals surface area contributed by atoms with Crippen molar-refractivity contribution >= 4 is 11.0 Å². The molecule has 0 saturated carbocycles. The van der Waals surface area contributed by atoms with E-state index in [9.17, 15) is 9.90 Å². The Balaban J connectivity index is 2.65. The van der Waals surface area contributed by atoms with Gasteiger partial charge in [0.15, 0.2) is 0 Å². The first kappa shape index (κ1) is 9.79. The summed E-state index contributed by atoms with van der Waals surface area (Å²) in [6.07, 6.45) is 0. The summed E-state index contributed by atoms with van der Waals surface area (Å²) in [5.41, 5.74) is 6.83. The van der Waals surface area contributed by atoms with Crippen LogP contribution in [0.2, 0.25) is 0 Å². The highest BCUT2D eigenvalue weighted by molar-refractivity contribution is 5.76. The van der Waals surface area contributed by atoms with Crippen LogP contribution in [-0.2, 0) is 6.54 Å². The first-order valence-corrected chi connectivity index (χ1v) is 4.75. The lowest BCUT2D eigenvalue weighted by Gasteiger charge is -2.06. The van der Waals surface area contributed by atoms with Crippen LogP contribution < -0.4 is 11.4 Å². The summed E-state index contributed by atoms with van der Waals surface area (Å²) in [5.74, 6) is 0.139. The molecule has 5 nitrogen and oxygen atoms in total. The number of aromatic amines is 1. The second kappa shape index (κ2) is 3.43. The molecule has 0 amide bonds. The number of benzene rings is 1. The molecule has 1 unspecified atom stereocenters. The number of fused-ring (bicyclic) bond motifs is 1. The van der Waals surface area contributed by atoms with Crippen molar-refractivity contribution in [2.24, 2.45) is 5.73 Å². The minimum atomic E-state index is -0.201. The Bertz CT molecular complexity index is 539. The average Bonchev–Trinajstić information content (AvgIpc) is 2.43. The van der Waals surface area contributed by atoms with Crippen molar-refractivity contribution in [2.75, 3.05) is 0 Å². The quantitative estimate of drug-likeness (QED) is 0.665. The minimum Gasteiger partial charge on any atom is -0.508 e. The summed E-state index contributed by atoms with van der Waals surface area (Å²) < 4.78 is 1.53. The molecule has 0 saturated heterocycles. The molecule has 1 aromatic carbocycles. The van der Waals surface area contributed by atoms with Gasteiger partial charge in [-0.1, -0.05) is 0 Å². The normalized spacial score (nSPS) is 13.2. The smallest absolute Gasteiger partial charge is 0.326 e. The third kappa shape index (κ3) is 1.73. The molecular formula is C10H13N3O2. The lowest BCUT2D eigenvalue weighted by molar-refractivity contribution is 0.475. The lowest BCUT2D eigenvalue weighted by Crippen LogP contribution is -2.28. The number of hydrogen-bond acceptors (Lipinski definition) is 3. The molecular weight excluding hydrogens is 194 g/mol. The number of imidazole rings is 1. The van der Waals surface area contributed by atoms with Gasteiger partial charge in [-0.05, 0) is 19.1 Å². The van der Waals surface area contributed by atoms with Gasteiger partial charge in [-0.25, -0.2) is 4.79 Å². The third-order valence-electron chi connectivity index (χ3n) is 2.23. The SMILES string of the molecule is CC(N)Cn1c(=O)[nH]c2ccc(O)cc21. The molecule has 80 valence electrons. The number of phenolic OH excluding ortho intramolecular Hbond substituents is 1. The van der Waals surface area contributed by atoms with Crippen LogP contribution in [0.3, 0.4) is 0 Å². The molecule has 0 bridgehead atoms. The fourth-order valence-electron chi connectivity index (χ4n) is 1.61. The van der Waals surface area contributed by atoms with E-state index in [0.717, 1.165) is 0 Å². The van der Waals surface area contributed by atoms with Crippen molar-refractivity contribution in [3.63, 3.8) is 0 Å². The van der Waals surface area contributed by atoms with E-state index in [-0.39, 0.29) is 17.5 Å². The van der Waals surface area contributed by atoms with Crippen molar-refractivity contribution in [1.29, 1.82) is 0 Å². The standard InChI is InChI=1S/C10H13N3O2/c1-6(11)5-13-9-4-7(14)2-3-8(9)12-10(13)15/h2-4,6,14H,5,11H2,1H3,(H,12,15). The molecule has 1 aromatic heterocycles. The van der Waals surface area contributed by atoms with Crippen LogP contribution in [0.15, 0.2) is 23.0 Å². The maximum Gasteiger partial charge on any atom is 0.326 e. The molecule has 15 heavy (non-hydrogen) atoms. The highest BCUT2D eigenvalue weighted by Crippen LogP contribution is 2.17. The van der Waals surface area contributed by atoms with Crippen LogP contribution in [0.1, 0.15) is 6.92 Å². The van der Waals surface area contributed by atoms with Gasteiger partial charge in [0.05, 0.1) is 11.0 Å². The summed E-state index contributed by atoms with van der Waals surface area (Å²) in [5, 5.41) is 9.34. The highest BCUT2D eigenvalue weighted by Gasteiger charge is 2.08. The molecule has 1 atom stereocenters. The maximum absolute atomic E-state index is 11.6. The van der Waals surface area contributed by atoms with E-state index in [1.165, 1.54) is 10.6 Å². The van der Waals surface area contributed by atoms with E-state index in [1.807, 2.05) is 6.92 Å². The number of phenols is 1. The average molecular weight is 207 g/mol. The summed E-state index contributed by atoms with van der Waals surface area (Å²) in [6, 6.07) is 4.65. The number of aromatic nitrogens is 2. The van der Waals surface area contributed by atoms with Gasteiger partial charge in [0.25, 0.3) is 0 Å². The second-order valence-electron chi connectivity index (χ2n) is 3.72. The first-order chi connectivity index (χ1) is 7.08. The molecule has 0 spiro atoms. The Kier molecular flexibility index (Phi) is 2.24. The van der Waals surface area contributed by atoms with Gasteiger partial charge < -0.3 is 15.8 Å². The van der Waals surface area contributed by atoms with Crippen LogP contribution in [0.25, 0.3) is 11.0 Å². The molecule has 4 N–H and O–H groups in total. The Labute approximate surface area is 86.1 Å². The second-order valence-corrected chi connectivity index (χ2v) is 3.72. The molecule has 0 aliphatic rings. The molecule has 2 aromatic rings. The van der Waals surface area contributed by atoms with Gasteiger partial charge >= 0.3 is 5.69 Å². The number of nitrogens with two attached hydrogens (primary N) is 1. The molecule has 1 heterocycles. The van der Waals surface area contributed by atoms with Gasteiger partial charge in [-0.2, -0.15) is 0 Å². The van der Waals surface area contributed by atoms with Crippen LogP contribution in [-0.4, -0.2) is 20.7 Å². The number of H-pyrrole nitrogens is 1. The molecule has 5 heteroatoms. The van der Waals surface area contributed by atoms with Crippen LogP contribution in [0.4, 0.5) is 0 Å². The third-order valence-corrected chi connectivity index (χ3v) is 2.23. The molecule has 0 aliphatic heterocycles. The highest BCUT2D eigenvalue weighted by atomic mass is 16.3. The zero-order chi connectivity index (χ0) is 11.0. The zero-order valence-corrected chi connectivity index (χ0v) is 8.40. The van der Waals surface area contributed by atoms with Crippen LogP contribution >= 0.6 is 0 Å². The van der Waals surface area contributed by atoms with E-state index in [4.69, 9.17) is 5.73 Å². The van der Waals surface area contributed by atoms with E-state index in [1.54, 1.807) is 12.1 Å². The van der Waals surface area contributed by atoms with Gasteiger partial charge in [0, 0.05) is 18.7 Å². The van der Waals surface area contributed by atoms with Crippen LogP contribution in [0.5, 0.6) is 5.75 Å². The lowest BCUT2D eigenvalue weighted by atomic mass is 10.3. The molecule has 0 aliphatic carbocycles. The Hall–Kier alpha value is -1.75. The number of aromatic hydroxyl groups is 1. The fraction of sp³-hybridized carbons (Fsp3) is 0.300. The van der Waals surface area contributed by atoms with E-state index in [2.05, 4.69) is 4.98 Å². The van der Waals surface area contributed by atoms with Crippen molar-refractivity contribution in [1.82, 2.24) is 9.55 Å². The number of hydrogen-bond donors (Lipinski definition) is 3.